The molecule has 1 aliphatic carbocycles. The van der Waals surface area contributed by atoms with Crippen LogP contribution >= 0.6 is 11.3 Å². The number of amides is 1. The molecule has 2 aromatic rings. The van der Waals surface area contributed by atoms with Crippen molar-refractivity contribution >= 4 is 23.0 Å². The Bertz CT molecular complexity index is 803. The van der Waals surface area contributed by atoms with Crippen molar-refractivity contribution in [1.29, 1.82) is 0 Å². The van der Waals surface area contributed by atoms with Crippen LogP contribution in [0.15, 0.2) is 36.4 Å². The van der Waals surface area contributed by atoms with Gasteiger partial charge >= 0.3 is 0 Å². The number of hydrogen-bond acceptors (Lipinski definition) is 3. The normalized spacial score (nSPS) is 20.7. The van der Waals surface area contributed by atoms with Gasteiger partial charge in [0.25, 0.3) is 5.91 Å². The fraction of sp³-hybridized carbons (Fsp3) is 0.455. The highest BCUT2D eigenvalue weighted by Gasteiger charge is 2.30. The Kier molecular flexibility index (Phi) is 4.94. The highest BCUT2D eigenvalue weighted by molar-refractivity contribution is 7.14. The van der Waals surface area contributed by atoms with E-state index in [1.165, 1.54) is 16.9 Å². The molecule has 3 nitrogen and oxygen atoms in total. The smallest absolute Gasteiger partial charge is 0.263 e. The Morgan fingerprint density at radius 2 is 1.81 bits per heavy atom. The van der Waals surface area contributed by atoms with Gasteiger partial charge in [-0.25, -0.2) is 0 Å². The van der Waals surface area contributed by atoms with E-state index in [4.69, 9.17) is 0 Å². The van der Waals surface area contributed by atoms with Crippen LogP contribution in [-0.4, -0.2) is 29.7 Å². The number of rotatable bonds is 3. The van der Waals surface area contributed by atoms with E-state index in [9.17, 15) is 9.59 Å². The summed E-state index contributed by atoms with van der Waals surface area (Å²) in [5, 5.41) is 0. The molecule has 2 heterocycles. The van der Waals surface area contributed by atoms with Crippen molar-refractivity contribution in [3.63, 3.8) is 0 Å². The third-order valence-electron chi connectivity index (χ3n) is 5.75. The van der Waals surface area contributed by atoms with E-state index in [2.05, 4.69) is 13.0 Å². The number of thiophene rings is 1. The van der Waals surface area contributed by atoms with Gasteiger partial charge in [-0.3, -0.25) is 9.59 Å². The van der Waals surface area contributed by atoms with Crippen molar-refractivity contribution in [2.45, 2.75) is 39.0 Å². The number of aryl methyl sites for hydroxylation is 1. The summed E-state index contributed by atoms with van der Waals surface area (Å²) in [7, 11) is 0. The Morgan fingerprint density at radius 1 is 1.08 bits per heavy atom. The first kappa shape index (κ1) is 17.5. The number of carbonyl (C=O) groups excluding carboxylic acids is 2. The average molecular weight is 368 g/mol. The molecule has 1 fully saturated rings. The molecule has 0 radical (unpaired) electrons. The number of benzene rings is 1. The van der Waals surface area contributed by atoms with Crippen molar-refractivity contribution in [1.82, 2.24) is 4.90 Å². The molecule has 4 heteroatoms. The maximum atomic E-state index is 12.9. The number of ketones is 1. The minimum Gasteiger partial charge on any atom is -0.338 e. The van der Waals surface area contributed by atoms with Crippen molar-refractivity contribution in [3.8, 4) is 0 Å². The van der Waals surface area contributed by atoms with Crippen molar-refractivity contribution in [2.75, 3.05) is 13.1 Å². The summed E-state index contributed by atoms with van der Waals surface area (Å²) >= 11 is 1.68. The van der Waals surface area contributed by atoms with Crippen LogP contribution in [0.1, 0.15) is 56.7 Å². The fourth-order valence-corrected chi connectivity index (χ4v) is 5.33. The lowest BCUT2D eigenvalue weighted by Crippen LogP contribution is -2.40. The highest BCUT2D eigenvalue weighted by Crippen LogP contribution is 2.33. The Balaban J connectivity index is 1.39. The molecular formula is C22H25NO2S. The highest BCUT2D eigenvalue weighted by atomic mass is 32.1. The second-order valence-electron chi connectivity index (χ2n) is 7.70. The zero-order valence-electron chi connectivity index (χ0n) is 15.2. The molecule has 1 aromatic carbocycles. The standard InChI is InChI=1S/C22H25NO2S/c1-15-7-8-19-18(13-15)14-20(26-19)22(25)23-11-9-17(10-12-23)21(24)16-5-3-2-4-6-16/h2-6,14-15,17H,7-13H2,1H3. The van der Waals surface area contributed by atoms with Crippen LogP contribution in [0.25, 0.3) is 0 Å². The molecular weight excluding hydrogens is 342 g/mol. The minimum atomic E-state index is 0.0406. The molecule has 1 unspecified atom stereocenters. The summed E-state index contributed by atoms with van der Waals surface area (Å²) in [4.78, 5) is 29.7. The maximum absolute atomic E-state index is 12.9. The first-order chi connectivity index (χ1) is 12.6. The molecule has 0 N–H and O–H groups in total. The molecule has 26 heavy (non-hydrogen) atoms. The van der Waals surface area contributed by atoms with Crippen LogP contribution in [0.3, 0.4) is 0 Å². The summed E-state index contributed by atoms with van der Waals surface area (Å²) in [5.41, 5.74) is 2.17. The van der Waals surface area contributed by atoms with Gasteiger partial charge in [-0.05, 0) is 49.7 Å². The van der Waals surface area contributed by atoms with Crippen molar-refractivity contribution in [2.24, 2.45) is 11.8 Å². The molecule has 1 aromatic heterocycles. The molecule has 0 spiro atoms. The first-order valence-electron chi connectivity index (χ1n) is 9.62. The molecule has 2 aliphatic rings. The van der Waals surface area contributed by atoms with Gasteiger partial charge in [0.1, 0.15) is 0 Å². The van der Waals surface area contributed by atoms with E-state index >= 15 is 0 Å². The third kappa shape index (κ3) is 3.48. The molecule has 1 aliphatic heterocycles. The zero-order chi connectivity index (χ0) is 18.1. The summed E-state index contributed by atoms with van der Waals surface area (Å²) in [6.45, 7) is 3.65. The quantitative estimate of drug-likeness (QED) is 0.743. The van der Waals surface area contributed by atoms with E-state index in [0.717, 1.165) is 42.0 Å². The van der Waals surface area contributed by atoms with Gasteiger partial charge in [0, 0.05) is 29.4 Å². The monoisotopic (exact) mass is 367 g/mol. The Morgan fingerprint density at radius 3 is 2.54 bits per heavy atom. The summed E-state index contributed by atoms with van der Waals surface area (Å²) in [6, 6.07) is 11.6. The first-order valence-corrected chi connectivity index (χ1v) is 10.4. The number of hydrogen-bond donors (Lipinski definition) is 0. The van der Waals surface area contributed by atoms with Gasteiger partial charge < -0.3 is 4.90 Å². The van der Waals surface area contributed by atoms with Gasteiger partial charge in [-0.1, -0.05) is 37.3 Å². The second kappa shape index (κ2) is 7.36. The lowest BCUT2D eigenvalue weighted by Gasteiger charge is -2.31. The maximum Gasteiger partial charge on any atom is 0.263 e. The van der Waals surface area contributed by atoms with E-state index in [0.29, 0.717) is 13.1 Å². The van der Waals surface area contributed by atoms with Crippen LogP contribution < -0.4 is 0 Å². The number of carbonyl (C=O) groups is 2. The van der Waals surface area contributed by atoms with Crippen molar-refractivity contribution in [3.05, 3.63) is 57.3 Å². The van der Waals surface area contributed by atoms with E-state index in [1.54, 1.807) is 11.3 Å². The minimum absolute atomic E-state index is 0.0406. The van der Waals surface area contributed by atoms with E-state index in [1.807, 2.05) is 35.2 Å². The summed E-state index contributed by atoms with van der Waals surface area (Å²) in [5.74, 6) is 1.14. The molecule has 1 saturated heterocycles. The number of likely N-dealkylation sites (tertiary alicyclic amines) is 1. The van der Waals surface area contributed by atoms with E-state index < -0.39 is 0 Å². The lowest BCUT2D eigenvalue weighted by molar-refractivity contribution is 0.0654. The van der Waals surface area contributed by atoms with Crippen LogP contribution in [0.5, 0.6) is 0 Å². The largest absolute Gasteiger partial charge is 0.338 e. The average Bonchev–Trinajstić information content (AvgIpc) is 3.11. The third-order valence-corrected chi connectivity index (χ3v) is 6.98. The molecule has 0 saturated carbocycles. The summed E-state index contributed by atoms with van der Waals surface area (Å²) < 4.78 is 0. The Labute approximate surface area is 159 Å². The number of piperidine rings is 1. The summed E-state index contributed by atoms with van der Waals surface area (Å²) in [6.07, 6.45) is 4.98. The van der Waals surface area contributed by atoms with Crippen LogP contribution in [0, 0.1) is 11.8 Å². The Hall–Kier alpha value is -1.94. The number of Topliss-reactive ketones (excluding diaryl/α,β-unsaturated/α-hetero) is 1. The SMILES string of the molecule is CC1CCc2sc(C(=O)N3CCC(C(=O)c4ccccc4)CC3)cc2C1. The second-order valence-corrected chi connectivity index (χ2v) is 8.84. The fourth-order valence-electron chi connectivity index (χ4n) is 4.15. The molecule has 1 atom stereocenters. The van der Waals surface area contributed by atoms with Crippen LogP contribution in [0.4, 0.5) is 0 Å². The van der Waals surface area contributed by atoms with E-state index in [-0.39, 0.29) is 17.6 Å². The van der Waals surface area contributed by atoms with Gasteiger partial charge in [0.2, 0.25) is 0 Å². The van der Waals surface area contributed by atoms with Crippen LogP contribution in [0.2, 0.25) is 0 Å². The predicted molar refractivity (Wildman–Crippen MR) is 105 cm³/mol. The van der Waals surface area contributed by atoms with Gasteiger partial charge in [-0.15, -0.1) is 11.3 Å². The van der Waals surface area contributed by atoms with Crippen LogP contribution in [-0.2, 0) is 12.8 Å². The predicted octanol–water partition coefficient (Wildman–Crippen LogP) is 4.61. The molecule has 136 valence electrons. The number of fused-ring (bicyclic) bond motifs is 1. The molecule has 4 rings (SSSR count). The van der Waals surface area contributed by atoms with Gasteiger partial charge in [-0.2, -0.15) is 0 Å². The molecule has 0 bridgehead atoms. The van der Waals surface area contributed by atoms with Gasteiger partial charge in [0.05, 0.1) is 4.88 Å². The van der Waals surface area contributed by atoms with Gasteiger partial charge in [0.15, 0.2) is 5.78 Å². The zero-order valence-corrected chi connectivity index (χ0v) is 16.1. The lowest BCUT2D eigenvalue weighted by atomic mass is 9.88. The topological polar surface area (TPSA) is 37.4 Å². The number of nitrogens with zero attached hydrogens (tertiary/aromatic N) is 1. The molecule has 1 amide bonds. The van der Waals surface area contributed by atoms with Crippen molar-refractivity contribution < 1.29 is 9.59 Å².